The fourth-order valence-corrected chi connectivity index (χ4v) is 0.0471. The summed E-state index contributed by atoms with van der Waals surface area (Å²) in [4.78, 5) is 15.3. The van der Waals surface area contributed by atoms with E-state index in [1.54, 1.807) is 0 Å². The normalized spacial score (nSPS) is 8.14. The van der Waals surface area contributed by atoms with Gasteiger partial charge in [0.25, 0.3) is 0 Å². The van der Waals surface area contributed by atoms with Crippen molar-refractivity contribution in [3.8, 4) is 0 Å². The first-order chi connectivity index (χ1) is 3.27. The summed E-state index contributed by atoms with van der Waals surface area (Å²) in [6.07, 6.45) is 0. The van der Waals surface area contributed by atoms with Gasteiger partial charge in [-0.05, 0) is 5.64 Å². The van der Waals surface area contributed by atoms with E-state index in [-0.39, 0.29) is 0 Å². The largest absolute Gasteiger partial charge is 0.324 e. The van der Waals surface area contributed by atoms with E-state index in [9.17, 15) is 0 Å². The second kappa shape index (κ2) is 3.28. The van der Waals surface area contributed by atoms with E-state index in [1.807, 2.05) is 0 Å². The molecule has 0 aliphatic heterocycles. The highest BCUT2D eigenvalue weighted by Gasteiger charge is 1.89. The quantitative estimate of drug-likeness (QED) is 0.275. The SMILES string of the molecule is O=[N+]([O-])OONO. The van der Waals surface area contributed by atoms with Crippen LogP contribution in [-0.2, 0) is 9.98 Å². The van der Waals surface area contributed by atoms with Crippen molar-refractivity contribution in [2.75, 3.05) is 0 Å². The number of nitrogens with one attached hydrogen (secondary N) is 1. The van der Waals surface area contributed by atoms with Gasteiger partial charge in [-0.15, -0.1) is 15.1 Å². The van der Waals surface area contributed by atoms with Crippen LogP contribution in [0.25, 0.3) is 0 Å². The van der Waals surface area contributed by atoms with Gasteiger partial charge in [-0.3, -0.25) is 5.21 Å². The fraction of sp³-hybridized carbons (Fsp3) is 0. The van der Waals surface area contributed by atoms with Crippen LogP contribution in [0.5, 0.6) is 0 Å². The van der Waals surface area contributed by atoms with Gasteiger partial charge >= 0.3 is 5.09 Å². The number of nitrogens with zero attached hydrogens (tertiary/aromatic N) is 1. The molecule has 42 valence electrons. The van der Waals surface area contributed by atoms with E-state index in [0.717, 1.165) is 5.64 Å². The molecule has 0 rings (SSSR count). The Kier molecular flexibility index (Phi) is 2.85. The molecule has 7 heteroatoms. The molecule has 7 nitrogen and oxygen atoms in total. The second-order valence-electron chi connectivity index (χ2n) is 0.473. The third kappa shape index (κ3) is 5.08. The molecular weight excluding hydrogens is 108 g/mol. The zero-order valence-electron chi connectivity index (χ0n) is 3.03. The third-order valence-corrected chi connectivity index (χ3v) is 0.135. The van der Waals surface area contributed by atoms with Gasteiger partial charge in [0.05, 0.1) is 0 Å². The van der Waals surface area contributed by atoms with Gasteiger partial charge in [0.2, 0.25) is 0 Å². The maximum atomic E-state index is 9.07. The van der Waals surface area contributed by atoms with Gasteiger partial charge in [-0.25, -0.2) is 0 Å². The molecule has 0 aliphatic rings. The fourth-order valence-electron chi connectivity index (χ4n) is 0.0471. The van der Waals surface area contributed by atoms with E-state index in [4.69, 9.17) is 15.3 Å². The summed E-state index contributed by atoms with van der Waals surface area (Å²) in [5.74, 6) is 0. The summed E-state index contributed by atoms with van der Waals surface area (Å²) in [7, 11) is 0. The Hall–Kier alpha value is -0.920. The van der Waals surface area contributed by atoms with Crippen LogP contribution in [0.3, 0.4) is 0 Å². The number of hydrogen-bond donors (Lipinski definition) is 2. The van der Waals surface area contributed by atoms with E-state index in [2.05, 4.69) is 9.98 Å². The smallest absolute Gasteiger partial charge is 0.290 e. The lowest BCUT2D eigenvalue weighted by Gasteiger charge is -1.88. The molecule has 0 saturated heterocycles. The van der Waals surface area contributed by atoms with Crippen LogP contribution in [0.15, 0.2) is 0 Å². The molecule has 0 atom stereocenters. The topological polar surface area (TPSA) is 93.9 Å². The molecule has 0 spiro atoms. The van der Waals surface area contributed by atoms with Gasteiger partial charge in [0.1, 0.15) is 0 Å². The van der Waals surface area contributed by atoms with Gasteiger partial charge in [-0.1, -0.05) is 4.99 Å². The molecule has 0 bridgehead atoms. The van der Waals surface area contributed by atoms with Crippen molar-refractivity contribution in [2.24, 2.45) is 0 Å². The molecule has 0 radical (unpaired) electrons. The lowest BCUT2D eigenvalue weighted by Crippen LogP contribution is -2.12. The summed E-state index contributed by atoms with van der Waals surface area (Å²) >= 11 is 0. The zero-order valence-corrected chi connectivity index (χ0v) is 3.03. The molecule has 0 aliphatic carbocycles. The molecule has 0 amide bonds. The highest BCUT2D eigenvalue weighted by Crippen LogP contribution is 1.68. The maximum Gasteiger partial charge on any atom is 0.324 e. The Bertz CT molecular complexity index is 59.1. The Morgan fingerprint density at radius 2 is 2.43 bits per heavy atom. The molecule has 0 aromatic heterocycles. The summed E-state index contributed by atoms with van der Waals surface area (Å²) in [6.45, 7) is 0. The highest BCUT2D eigenvalue weighted by atomic mass is 17.4. The van der Waals surface area contributed by atoms with Crippen molar-refractivity contribution >= 4 is 0 Å². The Morgan fingerprint density at radius 1 is 1.86 bits per heavy atom. The predicted octanol–water partition coefficient (Wildman–Crippen LogP) is -0.980. The molecule has 0 fully saturated rings. The molecule has 2 N–H and O–H groups in total. The van der Waals surface area contributed by atoms with Crippen LogP contribution >= 0.6 is 0 Å². The maximum absolute atomic E-state index is 9.07. The first-order valence-electron chi connectivity index (χ1n) is 1.14. The number of hydrogen-bond acceptors (Lipinski definition) is 6. The lowest BCUT2D eigenvalue weighted by molar-refractivity contribution is -0.863. The lowest BCUT2D eigenvalue weighted by atomic mass is 13.0. The van der Waals surface area contributed by atoms with Gasteiger partial charge in [0, 0.05) is 0 Å². The first-order valence-corrected chi connectivity index (χ1v) is 1.14. The van der Waals surface area contributed by atoms with Crippen LogP contribution < -0.4 is 5.64 Å². The van der Waals surface area contributed by atoms with Crippen molar-refractivity contribution in [3.63, 3.8) is 0 Å². The van der Waals surface area contributed by atoms with Crippen molar-refractivity contribution in [1.29, 1.82) is 0 Å². The zero-order chi connectivity index (χ0) is 5.70. The first kappa shape index (κ1) is 6.08. The van der Waals surface area contributed by atoms with E-state index < -0.39 is 5.09 Å². The van der Waals surface area contributed by atoms with Crippen molar-refractivity contribution in [3.05, 3.63) is 10.1 Å². The molecule has 0 aromatic carbocycles. The standard InChI is InChI=1S/H2N2O5/c3-1-6-7-2(4)5/h1,3H. The Balaban J connectivity index is 2.82. The van der Waals surface area contributed by atoms with Gasteiger partial charge in [-0.2, -0.15) is 0 Å². The van der Waals surface area contributed by atoms with Crippen LogP contribution in [-0.4, -0.2) is 10.3 Å². The monoisotopic (exact) mass is 110 g/mol. The van der Waals surface area contributed by atoms with Crippen molar-refractivity contribution in [1.82, 2.24) is 5.64 Å². The molecular formula is H2N2O5. The Morgan fingerprint density at radius 3 is 2.57 bits per heavy atom. The average Bonchev–Trinajstić information content (AvgIpc) is 1.61. The third-order valence-electron chi connectivity index (χ3n) is 0.135. The van der Waals surface area contributed by atoms with Gasteiger partial charge < -0.3 is 0 Å². The minimum Gasteiger partial charge on any atom is -0.290 e. The minimum absolute atomic E-state index is 0.935. The predicted molar refractivity (Wildman–Crippen MR) is 14.1 cm³/mol. The number of rotatable bonds is 3. The van der Waals surface area contributed by atoms with E-state index in [0.29, 0.717) is 0 Å². The minimum atomic E-state index is -1.23. The second-order valence-corrected chi connectivity index (χ2v) is 0.473. The molecule has 0 saturated carbocycles. The van der Waals surface area contributed by atoms with Crippen LogP contribution in [0.1, 0.15) is 0 Å². The van der Waals surface area contributed by atoms with Crippen molar-refractivity contribution in [2.45, 2.75) is 0 Å². The van der Waals surface area contributed by atoms with Crippen LogP contribution in [0, 0.1) is 10.1 Å². The summed E-state index contributed by atoms with van der Waals surface area (Å²) in [5.41, 5.74) is 0.935. The van der Waals surface area contributed by atoms with E-state index in [1.165, 1.54) is 0 Å². The summed E-state index contributed by atoms with van der Waals surface area (Å²) in [5, 5.41) is 15.2. The Labute approximate surface area is 37.4 Å². The summed E-state index contributed by atoms with van der Waals surface area (Å²) in [6, 6.07) is 0. The molecule has 7 heavy (non-hydrogen) atoms. The van der Waals surface area contributed by atoms with Crippen LogP contribution in [0.4, 0.5) is 0 Å². The summed E-state index contributed by atoms with van der Waals surface area (Å²) < 4.78 is 0. The highest BCUT2D eigenvalue weighted by molar-refractivity contribution is 3.85. The molecule has 0 unspecified atom stereocenters. The van der Waals surface area contributed by atoms with Crippen LogP contribution in [0.2, 0.25) is 0 Å². The molecule has 0 heterocycles. The van der Waals surface area contributed by atoms with E-state index >= 15 is 0 Å². The molecule has 0 aromatic rings. The van der Waals surface area contributed by atoms with Crippen molar-refractivity contribution < 1.29 is 20.3 Å². The average molecular weight is 110 g/mol. The van der Waals surface area contributed by atoms with Gasteiger partial charge in [0.15, 0.2) is 0 Å².